The molecule has 0 radical (unpaired) electrons. The van der Waals surface area contributed by atoms with Crippen LogP contribution in [0.2, 0.25) is 0 Å². The molecule has 0 saturated heterocycles. The van der Waals surface area contributed by atoms with Gasteiger partial charge in [-0.15, -0.1) is 0 Å². The summed E-state index contributed by atoms with van der Waals surface area (Å²) in [4.78, 5) is 7.28. The summed E-state index contributed by atoms with van der Waals surface area (Å²) in [5.74, 6) is 5.08. The monoisotopic (exact) mass is 261 g/mol. The molecule has 4 fully saturated rings. The van der Waals surface area contributed by atoms with Crippen LogP contribution in [0.25, 0.3) is 0 Å². The number of H-pyrrole nitrogens is 1. The fraction of sp³-hybridized carbons (Fsp3) is 0.714. The first-order chi connectivity index (χ1) is 8.70. The second-order valence-electron chi connectivity index (χ2n) is 6.51. The molecule has 3 nitrogen and oxygen atoms in total. The SMILES string of the molecule is Nc1[nH]c(=S)ncc1C1C2CC3CC(C2)CC1C3. The number of nitrogens with zero attached hydrogens (tertiary/aromatic N) is 1. The maximum atomic E-state index is 6.14. The molecule has 1 heterocycles. The Morgan fingerprint density at radius 1 is 1.11 bits per heavy atom. The van der Waals surface area contributed by atoms with Gasteiger partial charge in [0.2, 0.25) is 0 Å². The molecule has 4 saturated carbocycles. The van der Waals surface area contributed by atoms with Crippen LogP contribution in [0.5, 0.6) is 0 Å². The Bertz CT molecular complexity index is 508. The molecule has 4 aliphatic rings. The summed E-state index contributed by atoms with van der Waals surface area (Å²) in [5, 5.41) is 0. The number of nitrogen functional groups attached to an aromatic ring is 1. The molecule has 0 unspecified atom stereocenters. The number of anilines is 1. The van der Waals surface area contributed by atoms with E-state index in [-0.39, 0.29) is 0 Å². The summed E-state index contributed by atoms with van der Waals surface area (Å²) in [7, 11) is 0. The molecule has 4 bridgehead atoms. The minimum Gasteiger partial charge on any atom is -0.385 e. The van der Waals surface area contributed by atoms with Gasteiger partial charge in [-0.25, -0.2) is 4.98 Å². The molecule has 4 aliphatic carbocycles. The van der Waals surface area contributed by atoms with Gasteiger partial charge in [0.25, 0.3) is 0 Å². The molecule has 96 valence electrons. The zero-order valence-corrected chi connectivity index (χ0v) is 11.2. The van der Waals surface area contributed by atoms with Crippen LogP contribution in [0.3, 0.4) is 0 Å². The summed E-state index contributed by atoms with van der Waals surface area (Å²) >= 11 is 5.04. The topological polar surface area (TPSA) is 54.7 Å². The van der Waals surface area contributed by atoms with E-state index >= 15 is 0 Å². The Morgan fingerprint density at radius 3 is 2.28 bits per heavy atom. The number of nitrogens with two attached hydrogens (primary N) is 1. The lowest BCUT2D eigenvalue weighted by atomic mass is 9.51. The van der Waals surface area contributed by atoms with E-state index in [1.165, 1.54) is 37.7 Å². The van der Waals surface area contributed by atoms with Crippen LogP contribution >= 0.6 is 12.2 Å². The van der Waals surface area contributed by atoms with E-state index in [2.05, 4.69) is 9.97 Å². The molecule has 0 spiro atoms. The number of rotatable bonds is 1. The Morgan fingerprint density at radius 2 is 1.72 bits per heavy atom. The number of aromatic nitrogens is 2. The summed E-state index contributed by atoms with van der Waals surface area (Å²) in [5.41, 5.74) is 7.37. The lowest BCUT2D eigenvalue weighted by Crippen LogP contribution is -2.44. The highest BCUT2D eigenvalue weighted by molar-refractivity contribution is 7.71. The Kier molecular flexibility index (Phi) is 2.31. The molecule has 5 rings (SSSR count). The van der Waals surface area contributed by atoms with Crippen LogP contribution in [0, 0.1) is 28.4 Å². The van der Waals surface area contributed by atoms with Gasteiger partial charge >= 0.3 is 0 Å². The Balaban J connectivity index is 1.74. The fourth-order valence-corrected chi connectivity index (χ4v) is 5.28. The van der Waals surface area contributed by atoms with E-state index in [1.54, 1.807) is 0 Å². The van der Waals surface area contributed by atoms with Crippen LogP contribution in [-0.4, -0.2) is 9.97 Å². The number of nitrogens with one attached hydrogen (secondary N) is 1. The highest BCUT2D eigenvalue weighted by Gasteiger charge is 2.49. The van der Waals surface area contributed by atoms with Crippen molar-refractivity contribution in [2.45, 2.75) is 38.0 Å². The van der Waals surface area contributed by atoms with Gasteiger partial charge in [-0.05, 0) is 73.9 Å². The standard InChI is InChI=1S/C14H19N3S/c15-13-11(6-16-14(18)17-13)12-9-2-7-1-8(4-9)5-10(12)3-7/h6-10,12H,1-5H2,(H3,15,16,17,18). The van der Waals surface area contributed by atoms with Crippen molar-refractivity contribution in [3.63, 3.8) is 0 Å². The minimum absolute atomic E-state index is 0.500. The minimum atomic E-state index is 0.500. The molecular formula is C14H19N3S. The molecule has 0 aromatic carbocycles. The average Bonchev–Trinajstić information content (AvgIpc) is 2.30. The van der Waals surface area contributed by atoms with E-state index in [4.69, 9.17) is 18.0 Å². The maximum absolute atomic E-state index is 6.14. The van der Waals surface area contributed by atoms with E-state index in [9.17, 15) is 0 Å². The first-order valence-corrected chi connectivity index (χ1v) is 7.46. The van der Waals surface area contributed by atoms with Crippen LogP contribution < -0.4 is 5.73 Å². The zero-order chi connectivity index (χ0) is 12.3. The van der Waals surface area contributed by atoms with Crippen molar-refractivity contribution in [3.8, 4) is 0 Å². The quantitative estimate of drug-likeness (QED) is 0.763. The third-order valence-corrected chi connectivity index (χ3v) is 5.67. The normalized spacial score (nSPS) is 41.2. The average molecular weight is 261 g/mol. The van der Waals surface area contributed by atoms with E-state index in [0.717, 1.165) is 29.5 Å². The van der Waals surface area contributed by atoms with Gasteiger partial charge in [0, 0.05) is 11.8 Å². The third kappa shape index (κ3) is 1.54. The third-order valence-electron chi connectivity index (χ3n) is 5.46. The van der Waals surface area contributed by atoms with Crippen molar-refractivity contribution in [2.75, 3.05) is 5.73 Å². The highest BCUT2D eigenvalue weighted by atomic mass is 32.1. The van der Waals surface area contributed by atoms with E-state index < -0.39 is 0 Å². The molecular weight excluding hydrogens is 242 g/mol. The van der Waals surface area contributed by atoms with Crippen molar-refractivity contribution in [3.05, 3.63) is 16.5 Å². The summed E-state index contributed by atoms with van der Waals surface area (Å²) in [6, 6.07) is 0. The van der Waals surface area contributed by atoms with Crippen LogP contribution in [0.15, 0.2) is 6.20 Å². The van der Waals surface area contributed by atoms with Crippen molar-refractivity contribution in [2.24, 2.45) is 23.7 Å². The van der Waals surface area contributed by atoms with E-state index in [0.29, 0.717) is 10.7 Å². The smallest absolute Gasteiger partial charge is 0.198 e. The predicted molar refractivity (Wildman–Crippen MR) is 73.6 cm³/mol. The number of hydrogen-bond donors (Lipinski definition) is 2. The number of hydrogen-bond acceptors (Lipinski definition) is 3. The van der Waals surface area contributed by atoms with E-state index in [1.807, 2.05) is 6.20 Å². The van der Waals surface area contributed by atoms with Crippen molar-refractivity contribution >= 4 is 18.0 Å². The van der Waals surface area contributed by atoms with Crippen molar-refractivity contribution < 1.29 is 0 Å². The summed E-state index contributed by atoms with van der Waals surface area (Å²) in [6.45, 7) is 0. The van der Waals surface area contributed by atoms with Gasteiger partial charge < -0.3 is 10.7 Å². The fourth-order valence-electron chi connectivity index (χ4n) is 5.12. The predicted octanol–water partition coefficient (Wildman–Crippen LogP) is 3.26. The van der Waals surface area contributed by atoms with Gasteiger partial charge in [-0.1, -0.05) is 0 Å². The lowest BCUT2D eigenvalue weighted by molar-refractivity contribution is -0.00275. The van der Waals surface area contributed by atoms with Crippen molar-refractivity contribution in [1.29, 1.82) is 0 Å². The van der Waals surface area contributed by atoms with Gasteiger partial charge in [0.1, 0.15) is 5.82 Å². The molecule has 1 aromatic rings. The maximum Gasteiger partial charge on any atom is 0.198 e. The summed E-state index contributed by atoms with van der Waals surface area (Å²) < 4.78 is 0.500. The van der Waals surface area contributed by atoms with Gasteiger partial charge in [-0.3, -0.25) is 0 Å². The Labute approximate surface area is 112 Å². The molecule has 1 aromatic heterocycles. The first-order valence-electron chi connectivity index (χ1n) is 7.05. The first kappa shape index (κ1) is 11.0. The molecule has 4 heteroatoms. The summed E-state index contributed by atoms with van der Waals surface area (Å²) in [6.07, 6.45) is 9.06. The van der Waals surface area contributed by atoms with Gasteiger partial charge in [-0.2, -0.15) is 0 Å². The van der Waals surface area contributed by atoms with Crippen LogP contribution in [-0.2, 0) is 0 Å². The molecule has 3 N–H and O–H groups in total. The Hall–Kier alpha value is -0.900. The lowest BCUT2D eigenvalue weighted by Gasteiger charge is -2.54. The second-order valence-corrected chi connectivity index (χ2v) is 6.90. The highest BCUT2D eigenvalue weighted by Crippen LogP contribution is 2.60. The zero-order valence-electron chi connectivity index (χ0n) is 10.4. The molecule has 0 amide bonds. The number of aromatic amines is 1. The largest absolute Gasteiger partial charge is 0.385 e. The van der Waals surface area contributed by atoms with Gasteiger partial charge in [0.15, 0.2) is 4.77 Å². The molecule has 0 atom stereocenters. The van der Waals surface area contributed by atoms with Crippen LogP contribution in [0.1, 0.15) is 43.6 Å². The van der Waals surface area contributed by atoms with Crippen molar-refractivity contribution in [1.82, 2.24) is 9.97 Å². The van der Waals surface area contributed by atoms with Crippen LogP contribution in [0.4, 0.5) is 5.82 Å². The molecule has 18 heavy (non-hydrogen) atoms. The van der Waals surface area contributed by atoms with Gasteiger partial charge in [0.05, 0.1) is 0 Å². The molecule has 0 aliphatic heterocycles. The second kappa shape index (κ2) is 3.80.